The van der Waals surface area contributed by atoms with Crippen LogP contribution in [-0.4, -0.2) is 45.6 Å². The normalized spacial score (nSPS) is 15.2. The van der Waals surface area contributed by atoms with Gasteiger partial charge in [-0.05, 0) is 33.8 Å². The Hall–Kier alpha value is -2.38. The Morgan fingerprint density at radius 1 is 1.50 bits per heavy atom. The number of aryl methyl sites for hydroxylation is 1. The molecule has 120 valence electrons. The molecule has 1 amide bonds. The van der Waals surface area contributed by atoms with Crippen molar-refractivity contribution in [3.8, 4) is 0 Å². The van der Waals surface area contributed by atoms with Crippen molar-refractivity contribution in [2.45, 2.75) is 39.3 Å². The summed E-state index contributed by atoms with van der Waals surface area (Å²) in [7, 11) is 0. The van der Waals surface area contributed by atoms with Gasteiger partial charge < -0.3 is 15.0 Å². The third-order valence-corrected chi connectivity index (χ3v) is 3.17. The van der Waals surface area contributed by atoms with Gasteiger partial charge in [0.15, 0.2) is 0 Å². The highest BCUT2D eigenvalue weighted by atomic mass is 16.6. The van der Waals surface area contributed by atoms with Crippen LogP contribution in [0.25, 0.3) is 0 Å². The molecular formula is C14H20N4O4. The van der Waals surface area contributed by atoms with E-state index in [-0.39, 0.29) is 17.8 Å². The van der Waals surface area contributed by atoms with Crippen LogP contribution in [0.4, 0.5) is 16.3 Å². The van der Waals surface area contributed by atoms with Gasteiger partial charge in [0.2, 0.25) is 0 Å². The smallest absolute Gasteiger partial charge is 0.410 e. The quantitative estimate of drug-likeness (QED) is 0.680. The number of pyridine rings is 1. The van der Waals surface area contributed by atoms with Crippen LogP contribution >= 0.6 is 0 Å². The van der Waals surface area contributed by atoms with Crippen LogP contribution in [0.5, 0.6) is 0 Å². The van der Waals surface area contributed by atoms with Gasteiger partial charge in [-0.1, -0.05) is 0 Å². The first-order valence-corrected chi connectivity index (χ1v) is 7.01. The van der Waals surface area contributed by atoms with Gasteiger partial charge >= 0.3 is 6.09 Å². The standard InChI is InChI=1S/C14H20N4O4/c1-9-5-12(15-6-11(9)18(20)21)16-10-7-17(8-10)13(19)22-14(2,3)4/h5-6,10H,7-8H2,1-4H3,(H,15,16). The lowest BCUT2D eigenvalue weighted by Crippen LogP contribution is -2.58. The van der Waals surface area contributed by atoms with E-state index in [0.717, 1.165) is 0 Å². The first-order chi connectivity index (χ1) is 10.2. The number of nitrogens with zero attached hydrogens (tertiary/aromatic N) is 3. The van der Waals surface area contributed by atoms with Crippen molar-refractivity contribution in [2.75, 3.05) is 18.4 Å². The van der Waals surface area contributed by atoms with E-state index in [1.807, 2.05) is 20.8 Å². The molecule has 8 nitrogen and oxygen atoms in total. The topological polar surface area (TPSA) is 97.6 Å². The predicted octanol–water partition coefficient (Wildman–Crippen LogP) is 2.33. The molecule has 0 bridgehead atoms. The highest BCUT2D eigenvalue weighted by Crippen LogP contribution is 2.21. The molecule has 8 heteroatoms. The summed E-state index contributed by atoms with van der Waals surface area (Å²) in [6.45, 7) is 8.18. The predicted molar refractivity (Wildman–Crippen MR) is 80.8 cm³/mol. The summed E-state index contributed by atoms with van der Waals surface area (Å²) < 4.78 is 5.27. The molecule has 0 radical (unpaired) electrons. The van der Waals surface area contributed by atoms with Crippen LogP contribution in [0.1, 0.15) is 26.3 Å². The lowest BCUT2D eigenvalue weighted by molar-refractivity contribution is -0.385. The van der Waals surface area contributed by atoms with E-state index in [2.05, 4.69) is 10.3 Å². The van der Waals surface area contributed by atoms with Crippen LogP contribution in [0.2, 0.25) is 0 Å². The van der Waals surface area contributed by atoms with Crippen molar-refractivity contribution in [3.05, 3.63) is 27.9 Å². The van der Waals surface area contributed by atoms with Gasteiger partial charge in [0.25, 0.3) is 5.69 Å². The van der Waals surface area contributed by atoms with Gasteiger partial charge in [0.05, 0.1) is 11.0 Å². The average Bonchev–Trinajstić information content (AvgIpc) is 2.30. The number of anilines is 1. The highest BCUT2D eigenvalue weighted by Gasteiger charge is 2.33. The van der Waals surface area contributed by atoms with E-state index in [4.69, 9.17) is 4.74 Å². The molecule has 1 N–H and O–H groups in total. The minimum Gasteiger partial charge on any atom is -0.444 e. The Balaban J connectivity index is 1.87. The monoisotopic (exact) mass is 308 g/mol. The Bertz CT molecular complexity index is 591. The van der Waals surface area contributed by atoms with Crippen LogP contribution in [-0.2, 0) is 4.74 Å². The molecule has 1 aliphatic rings. The van der Waals surface area contributed by atoms with Crippen LogP contribution in [0.15, 0.2) is 12.3 Å². The van der Waals surface area contributed by atoms with Gasteiger partial charge in [-0.2, -0.15) is 0 Å². The van der Waals surface area contributed by atoms with Crippen molar-refractivity contribution >= 4 is 17.6 Å². The van der Waals surface area contributed by atoms with Crippen molar-refractivity contribution in [2.24, 2.45) is 0 Å². The largest absolute Gasteiger partial charge is 0.444 e. The zero-order valence-corrected chi connectivity index (χ0v) is 13.1. The SMILES string of the molecule is Cc1cc(NC2CN(C(=O)OC(C)(C)C)C2)ncc1[N+](=O)[O-]. The molecule has 22 heavy (non-hydrogen) atoms. The first kappa shape index (κ1) is 16.0. The molecule has 1 aliphatic heterocycles. The molecule has 0 aliphatic carbocycles. The molecule has 0 aromatic carbocycles. The summed E-state index contributed by atoms with van der Waals surface area (Å²) in [5.74, 6) is 0.567. The number of likely N-dealkylation sites (tertiary alicyclic amines) is 1. The Morgan fingerprint density at radius 3 is 2.64 bits per heavy atom. The minimum atomic E-state index is -0.507. The van der Waals surface area contributed by atoms with Gasteiger partial charge in [0.1, 0.15) is 17.6 Å². The maximum Gasteiger partial charge on any atom is 0.410 e. The number of hydrogen-bond acceptors (Lipinski definition) is 6. The van der Waals surface area contributed by atoms with Gasteiger partial charge in [-0.15, -0.1) is 0 Å². The zero-order valence-electron chi connectivity index (χ0n) is 13.1. The second-order valence-electron chi connectivity index (χ2n) is 6.34. The molecule has 0 saturated carbocycles. The van der Waals surface area contributed by atoms with E-state index in [1.165, 1.54) is 6.20 Å². The van der Waals surface area contributed by atoms with Crippen molar-refractivity contribution < 1.29 is 14.5 Å². The number of rotatable bonds is 3. The van der Waals surface area contributed by atoms with Crippen LogP contribution < -0.4 is 5.32 Å². The summed E-state index contributed by atoms with van der Waals surface area (Å²) in [4.78, 5) is 27.7. The van der Waals surface area contributed by atoms with Crippen molar-refractivity contribution in [1.82, 2.24) is 9.88 Å². The fourth-order valence-electron chi connectivity index (χ4n) is 2.07. The van der Waals surface area contributed by atoms with Crippen molar-refractivity contribution in [3.63, 3.8) is 0 Å². The summed E-state index contributed by atoms with van der Waals surface area (Å²) in [6.07, 6.45) is 0.903. The lowest BCUT2D eigenvalue weighted by atomic mass is 10.1. The summed E-state index contributed by atoms with van der Waals surface area (Å²) in [5.41, 5.74) is 0.0347. The number of nitrogens with one attached hydrogen (secondary N) is 1. The highest BCUT2D eigenvalue weighted by molar-refractivity contribution is 5.69. The maximum absolute atomic E-state index is 11.8. The van der Waals surface area contributed by atoms with E-state index in [0.29, 0.717) is 24.5 Å². The van der Waals surface area contributed by atoms with Crippen LogP contribution in [0.3, 0.4) is 0 Å². The van der Waals surface area contributed by atoms with E-state index in [9.17, 15) is 14.9 Å². The Kier molecular flexibility index (Phi) is 4.20. The molecule has 1 fully saturated rings. The molecule has 0 unspecified atom stereocenters. The molecule has 1 aromatic rings. The third-order valence-electron chi connectivity index (χ3n) is 3.17. The van der Waals surface area contributed by atoms with Gasteiger partial charge in [-0.3, -0.25) is 10.1 Å². The second kappa shape index (κ2) is 5.78. The second-order valence-corrected chi connectivity index (χ2v) is 6.34. The minimum absolute atomic E-state index is 0.00505. The molecule has 0 atom stereocenters. The maximum atomic E-state index is 11.8. The first-order valence-electron chi connectivity index (χ1n) is 7.01. The summed E-state index contributed by atoms with van der Waals surface area (Å²) >= 11 is 0. The molecule has 1 saturated heterocycles. The number of carbonyl (C=O) groups excluding carboxylic acids is 1. The van der Waals surface area contributed by atoms with E-state index in [1.54, 1.807) is 17.9 Å². The Labute approximate surface area is 128 Å². The lowest BCUT2D eigenvalue weighted by Gasteiger charge is -2.40. The Morgan fingerprint density at radius 2 is 2.14 bits per heavy atom. The van der Waals surface area contributed by atoms with E-state index >= 15 is 0 Å². The molecule has 0 spiro atoms. The molecule has 2 heterocycles. The van der Waals surface area contributed by atoms with Gasteiger partial charge in [-0.25, -0.2) is 9.78 Å². The number of nitro groups is 1. The molecular weight excluding hydrogens is 288 g/mol. The number of carbonyl (C=O) groups is 1. The summed E-state index contributed by atoms with van der Waals surface area (Å²) in [5, 5.41) is 13.9. The number of aromatic nitrogens is 1. The number of ether oxygens (including phenoxy) is 1. The number of amides is 1. The number of hydrogen-bond donors (Lipinski definition) is 1. The van der Waals surface area contributed by atoms with Crippen LogP contribution in [0, 0.1) is 17.0 Å². The molecule has 2 rings (SSSR count). The average molecular weight is 308 g/mol. The fraction of sp³-hybridized carbons (Fsp3) is 0.571. The van der Waals surface area contributed by atoms with Crippen molar-refractivity contribution in [1.29, 1.82) is 0 Å². The summed E-state index contributed by atoms with van der Waals surface area (Å²) in [6, 6.07) is 1.70. The molecule has 1 aromatic heterocycles. The fourth-order valence-corrected chi connectivity index (χ4v) is 2.07. The van der Waals surface area contributed by atoms with Gasteiger partial charge in [0, 0.05) is 18.7 Å². The third kappa shape index (κ3) is 3.84. The zero-order chi connectivity index (χ0) is 16.5. The van der Waals surface area contributed by atoms with E-state index < -0.39 is 10.5 Å².